The minimum Gasteiger partial charge on any atom is -0.318 e. The molecule has 0 aromatic rings. The standard InChI is InChI=1S/C5H12ClO2P/c1-3-5-9(6,7)8-4-2/h3-5H2,1-2H3. The van der Waals surface area contributed by atoms with E-state index in [1.807, 2.05) is 6.92 Å². The fourth-order valence-corrected chi connectivity index (χ4v) is 2.37. The molecule has 0 aliphatic heterocycles. The van der Waals surface area contributed by atoms with Crippen molar-refractivity contribution in [1.29, 1.82) is 0 Å². The molecule has 0 saturated carbocycles. The molecule has 1 unspecified atom stereocenters. The van der Waals surface area contributed by atoms with Crippen LogP contribution in [0.2, 0.25) is 0 Å². The molecule has 0 aliphatic rings. The van der Waals surface area contributed by atoms with Gasteiger partial charge in [0, 0.05) is 6.16 Å². The molecule has 0 N–H and O–H groups in total. The first kappa shape index (κ1) is 9.48. The molecule has 0 radical (unpaired) electrons. The van der Waals surface area contributed by atoms with Crippen LogP contribution in [0, 0.1) is 0 Å². The van der Waals surface area contributed by atoms with Gasteiger partial charge in [0.15, 0.2) is 0 Å². The summed E-state index contributed by atoms with van der Waals surface area (Å²) in [5.41, 5.74) is 0. The van der Waals surface area contributed by atoms with Gasteiger partial charge in [-0.25, -0.2) is 0 Å². The van der Waals surface area contributed by atoms with Gasteiger partial charge in [0.05, 0.1) is 6.61 Å². The van der Waals surface area contributed by atoms with Crippen molar-refractivity contribution in [2.75, 3.05) is 12.8 Å². The van der Waals surface area contributed by atoms with Crippen molar-refractivity contribution in [2.24, 2.45) is 0 Å². The Balaban J connectivity index is 3.58. The van der Waals surface area contributed by atoms with Gasteiger partial charge in [0.2, 0.25) is 0 Å². The van der Waals surface area contributed by atoms with Crippen LogP contribution in [0.15, 0.2) is 0 Å². The van der Waals surface area contributed by atoms with Crippen molar-refractivity contribution in [3.8, 4) is 0 Å². The quantitative estimate of drug-likeness (QED) is 0.607. The van der Waals surface area contributed by atoms with E-state index in [0.717, 1.165) is 6.42 Å². The summed E-state index contributed by atoms with van der Waals surface area (Å²) in [6.45, 7) is 1.42. The van der Waals surface area contributed by atoms with Crippen molar-refractivity contribution in [2.45, 2.75) is 20.3 Å². The van der Waals surface area contributed by atoms with E-state index >= 15 is 0 Å². The maximum Gasteiger partial charge on any atom is 0.290 e. The summed E-state index contributed by atoms with van der Waals surface area (Å²) in [4.78, 5) is 0. The van der Waals surface area contributed by atoms with Crippen LogP contribution in [0.1, 0.15) is 20.3 Å². The van der Waals surface area contributed by atoms with Crippen LogP contribution in [0.25, 0.3) is 0 Å². The lowest BCUT2D eigenvalue weighted by Crippen LogP contribution is -1.87. The lowest BCUT2D eigenvalue weighted by Gasteiger charge is -2.06. The topological polar surface area (TPSA) is 26.3 Å². The molecule has 9 heavy (non-hydrogen) atoms. The van der Waals surface area contributed by atoms with Crippen molar-refractivity contribution in [3.05, 3.63) is 0 Å². The molecule has 0 saturated heterocycles. The average molecular weight is 171 g/mol. The Bertz CT molecular complexity index is 106. The fourth-order valence-electron chi connectivity index (χ4n) is 0.524. The number of hydrogen-bond acceptors (Lipinski definition) is 2. The van der Waals surface area contributed by atoms with E-state index < -0.39 is 6.72 Å². The Labute approximate surface area is 60.8 Å². The highest BCUT2D eigenvalue weighted by atomic mass is 35.7. The number of hydrogen-bond donors (Lipinski definition) is 0. The molecule has 2 nitrogen and oxygen atoms in total. The monoisotopic (exact) mass is 170 g/mol. The van der Waals surface area contributed by atoms with E-state index in [9.17, 15) is 4.57 Å². The van der Waals surface area contributed by atoms with Crippen LogP contribution in [0.4, 0.5) is 0 Å². The Kier molecular flexibility index (Phi) is 4.55. The SMILES string of the molecule is CCCP(=O)(Cl)OCC. The molecule has 1 atom stereocenters. The summed E-state index contributed by atoms with van der Waals surface area (Å²) in [6.07, 6.45) is 1.28. The van der Waals surface area contributed by atoms with Gasteiger partial charge in [0.25, 0.3) is 6.72 Å². The lowest BCUT2D eigenvalue weighted by molar-refractivity contribution is 0.344. The highest BCUT2D eigenvalue weighted by molar-refractivity contribution is 7.85. The van der Waals surface area contributed by atoms with E-state index in [-0.39, 0.29) is 0 Å². The molecule has 0 aliphatic carbocycles. The smallest absolute Gasteiger partial charge is 0.290 e. The molecule has 0 rings (SSSR count). The molecule has 0 fully saturated rings. The second-order valence-electron chi connectivity index (χ2n) is 1.73. The van der Waals surface area contributed by atoms with Crippen LogP contribution in [0.3, 0.4) is 0 Å². The predicted molar refractivity (Wildman–Crippen MR) is 40.2 cm³/mol. The van der Waals surface area contributed by atoms with E-state index in [4.69, 9.17) is 15.8 Å². The lowest BCUT2D eigenvalue weighted by atomic mass is 10.6. The Morgan fingerprint density at radius 1 is 1.56 bits per heavy atom. The molecule has 0 amide bonds. The second kappa shape index (κ2) is 4.32. The maximum absolute atomic E-state index is 11.0. The highest BCUT2D eigenvalue weighted by Gasteiger charge is 2.15. The summed E-state index contributed by atoms with van der Waals surface area (Å²) >= 11 is 5.47. The van der Waals surface area contributed by atoms with Gasteiger partial charge in [-0.15, -0.1) is 0 Å². The van der Waals surface area contributed by atoms with E-state index in [1.165, 1.54) is 0 Å². The Morgan fingerprint density at radius 3 is 2.44 bits per heavy atom. The highest BCUT2D eigenvalue weighted by Crippen LogP contribution is 2.52. The molecule has 0 aromatic heterocycles. The first-order valence-corrected chi connectivity index (χ1v) is 5.77. The maximum atomic E-state index is 11.0. The molecule has 56 valence electrons. The van der Waals surface area contributed by atoms with Crippen molar-refractivity contribution < 1.29 is 9.09 Å². The van der Waals surface area contributed by atoms with Gasteiger partial charge in [-0.2, -0.15) is 0 Å². The Morgan fingerprint density at radius 2 is 2.11 bits per heavy atom. The minimum absolute atomic E-state index is 0.431. The second-order valence-corrected chi connectivity index (χ2v) is 5.16. The van der Waals surface area contributed by atoms with Crippen molar-refractivity contribution >= 4 is 18.0 Å². The molecular weight excluding hydrogens is 158 g/mol. The van der Waals surface area contributed by atoms with Crippen LogP contribution < -0.4 is 0 Å². The molecule has 4 heteroatoms. The van der Waals surface area contributed by atoms with Crippen LogP contribution >= 0.6 is 18.0 Å². The molecule has 0 bridgehead atoms. The van der Waals surface area contributed by atoms with Crippen molar-refractivity contribution in [1.82, 2.24) is 0 Å². The Hall–Kier alpha value is 0.480. The van der Waals surface area contributed by atoms with E-state index in [1.54, 1.807) is 6.92 Å². The van der Waals surface area contributed by atoms with Crippen molar-refractivity contribution in [3.63, 3.8) is 0 Å². The predicted octanol–water partition coefficient (Wildman–Crippen LogP) is 2.86. The first-order valence-electron chi connectivity index (χ1n) is 3.05. The van der Waals surface area contributed by atoms with E-state index in [0.29, 0.717) is 12.8 Å². The molecular formula is C5H12ClO2P. The van der Waals surface area contributed by atoms with Crippen LogP contribution in [-0.4, -0.2) is 12.8 Å². The third kappa shape index (κ3) is 4.95. The summed E-state index contributed by atoms with van der Waals surface area (Å²) in [5, 5.41) is 0. The third-order valence-corrected chi connectivity index (χ3v) is 3.24. The van der Waals surface area contributed by atoms with Crippen LogP contribution in [0.5, 0.6) is 0 Å². The zero-order valence-corrected chi connectivity index (χ0v) is 7.41. The zero-order chi connectivity index (χ0) is 7.33. The first-order chi connectivity index (χ1) is 4.12. The largest absolute Gasteiger partial charge is 0.318 e. The van der Waals surface area contributed by atoms with Gasteiger partial charge in [-0.05, 0) is 24.6 Å². The summed E-state index contributed by atoms with van der Waals surface area (Å²) < 4.78 is 15.7. The normalized spacial score (nSPS) is 17.2. The summed E-state index contributed by atoms with van der Waals surface area (Å²) in [5.74, 6) is 0. The zero-order valence-electron chi connectivity index (χ0n) is 5.76. The fraction of sp³-hybridized carbons (Fsp3) is 1.00. The van der Waals surface area contributed by atoms with Gasteiger partial charge in [0.1, 0.15) is 0 Å². The molecule has 0 heterocycles. The third-order valence-electron chi connectivity index (χ3n) is 0.813. The van der Waals surface area contributed by atoms with Crippen LogP contribution in [-0.2, 0) is 9.09 Å². The van der Waals surface area contributed by atoms with Gasteiger partial charge in [-0.3, -0.25) is 4.57 Å². The van der Waals surface area contributed by atoms with Gasteiger partial charge in [-0.1, -0.05) is 6.92 Å². The summed E-state index contributed by atoms with van der Waals surface area (Å²) in [7, 11) is 0. The number of rotatable bonds is 4. The van der Waals surface area contributed by atoms with E-state index in [2.05, 4.69) is 0 Å². The summed E-state index contributed by atoms with van der Waals surface area (Å²) in [6, 6.07) is 0. The average Bonchev–Trinajstić information content (AvgIpc) is 1.64. The van der Waals surface area contributed by atoms with Gasteiger partial charge < -0.3 is 4.52 Å². The number of halogens is 1. The molecule has 0 aromatic carbocycles. The van der Waals surface area contributed by atoms with Gasteiger partial charge >= 0.3 is 0 Å². The molecule has 0 spiro atoms. The minimum atomic E-state index is -2.72.